The average molecular weight is 270 g/mol. The predicted molar refractivity (Wildman–Crippen MR) is 70.0 cm³/mol. The zero-order chi connectivity index (χ0) is 11.3. The molecule has 1 aromatic rings. The lowest BCUT2D eigenvalue weighted by Crippen LogP contribution is -2.24. The van der Waals surface area contributed by atoms with Crippen molar-refractivity contribution >= 4 is 15.9 Å². The summed E-state index contributed by atoms with van der Waals surface area (Å²) in [6, 6.07) is 8.81. The van der Waals surface area contributed by atoms with Gasteiger partial charge in [0.25, 0.3) is 0 Å². The van der Waals surface area contributed by atoms with Crippen molar-refractivity contribution in [2.75, 3.05) is 6.54 Å². The van der Waals surface area contributed by atoms with E-state index in [0.717, 1.165) is 12.5 Å². The van der Waals surface area contributed by atoms with E-state index in [1.807, 2.05) is 0 Å². The fourth-order valence-electron chi connectivity index (χ4n) is 1.46. The van der Waals surface area contributed by atoms with Crippen LogP contribution in [0.15, 0.2) is 28.7 Å². The SMILES string of the molecule is CCC(C)CNC(C)c1ccccc1Br. The molecule has 0 fully saturated rings. The Morgan fingerprint density at radius 3 is 2.53 bits per heavy atom. The number of nitrogens with one attached hydrogen (secondary N) is 1. The van der Waals surface area contributed by atoms with E-state index < -0.39 is 0 Å². The lowest BCUT2D eigenvalue weighted by Gasteiger charge is -2.18. The molecule has 0 aliphatic heterocycles. The fourth-order valence-corrected chi connectivity index (χ4v) is 2.09. The van der Waals surface area contributed by atoms with E-state index in [0.29, 0.717) is 6.04 Å². The van der Waals surface area contributed by atoms with Gasteiger partial charge in [0.2, 0.25) is 0 Å². The van der Waals surface area contributed by atoms with Crippen LogP contribution in [0.25, 0.3) is 0 Å². The van der Waals surface area contributed by atoms with Gasteiger partial charge in [-0.25, -0.2) is 0 Å². The first-order valence-corrected chi connectivity index (χ1v) is 6.42. The normalized spacial score (nSPS) is 14.9. The molecule has 0 amide bonds. The highest BCUT2D eigenvalue weighted by Gasteiger charge is 2.08. The predicted octanol–water partition coefficient (Wildman–Crippen LogP) is 4.15. The molecule has 0 aliphatic carbocycles. The molecule has 0 aromatic heterocycles. The minimum Gasteiger partial charge on any atom is -0.310 e. The summed E-state index contributed by atoms with van der Waals surface area (Å²) in [7, 11) is 0. The topological polar surface area (TPSA) is 12.0 Å². The molecular weight excluding hydrogens is 250 g/mol. The number of hydrogen-bond donors (Lipinski definition) is 1. The van der Waals surface area contributed by atoms with Gasteiger partial charge >= 0.3 is 0 Å². The second-order valence-electron chi connectivity index (χ2n) is 4.16. The molecule has 1 aromatic carbocycles. The van der Waals surface area contributed by atoms with Gasteiger partial charge in [-0.2, -0.15) is 0 Å². The molecule has 0 saturated carbocycles. The van der Waals surface area contributed by atoms with Crippen LogP contribution < -0.4 is 5.32 Å². The molecule has 0 radical (unpaired) electrons. The summed E-state index contributed by atoms with van der Waals surface area (Å²) in [5.74, 6) is 0.745. The number of rotatable bonds is 5. The highest BCUT2D eigenvalue weighted by Crippen LogP contribution is 2.22. The van der Waals surface area contributed by atoms with Gasteiger partial charge in [-0.3, -0.25) is 0 Å². The van der Waals surface area contributed by atoms with Crippen LogP contribution in [-0.4, -0.2) is 6.54 Å². The molecule has 15 heavy (non-hydrogen) atoms. The van der Waals surface area contributed by atoms with Gasteiger partial charge < -0.3 is 5.32 Å². The molecule has 0 saturated heterocycles. The van der Waals surface area contributed by atoms with Crippen molar-refractivity contribution in [3.05, 3.63) is 34.3 Å². The van der Waals surface area contributed by atoms with Gasteiger partial charge in [0.1, 0.15) is 0 Å². The third kappa shape index (κ3) is 3.96. The fraction of sp³-hybridized carbons (Fsp3) is 0.538. The van der Waals surface area contributed by atoms with Crippen LogP contribution in [0.5, 0.6) is 0 Å². The number of benzene rings is 1. The summed E-state index contributed by atoms with van der Waals surface area (Å²) in [4.78, 5) is 0. The van der Waals surface area contributed by atoms with Gasteiger partial charge in [-0.1, -0.05) is 54.4 Å². The van der Waals surface area contributed by atoms with E-state index in [1.165, 1.54) is 16.5 Å². The van der Waals surface area contributed by atoms with E-state index >= 15 is 0 Å². The molecule has 0 bridgehead atoms. The standard InChI is InChI=1S/C13H20BrN/c1-4-10(2)9-15-11(3)12-7-5-6-8-13(12)14/h5-8,10-11,15H,4,9H2,1-3H3. The highest BCUT2D eigenvalue weighted by molar-refractivity contribution is 9.10. The molecule has 0 heterocycles. The quantitative estimate of drug-likeness (QED) is 0.847. The van der Waals surface area contributed by atoms with Crippen molar-refractivity contribution in [1.82, 2.24) is 5.32 Å². The van der Waals surface area contributed by atoms with Crippen molar-refractivity contribution in [1.29, 1.82) is 0 Å². The zero-order valence-corrected chi connectivity index (χ0v) is 11.3. The van der Waals surface area contributed by atoms with Crippen LogP contribution in [0, 0.1) is 5.92 Å². The van der Waals surface area contributed by atoms with Crippen LogP contribution in [0.3, 0.4) is 0 Å². The second kappa shape index (κ2) is 6.29. The number of hydrogen-bond acceptors (Lipinski definition) is 1. The van der Waals surface area contributed by atoms with E-state index in [1.54, 1.807) is 0 Å². The summed E-state index contributed by atoms with van der Waals surface area (Å²) < 4.78 is 1.19. The van der Waals surface area contributed by atoms with Crippen LogP contribution >= 0.6 is 15.9 Å². The first kappa shape index (κ1) is 12.7. The molecule has 84 valence electrons. The monoisotopic (exact) mass is 269 g/mol. The molecule has 1 rings (SSSR count). The minimum atomic E-state index is 0.412. The smallest absolute Gasteiger partial charge is 0.0303 e. The molecule has 2 unspecified atom stereocenters. The van der Waals surface area contributed by atoms with Crippen LogP contribution in [0.4, 0.5) is 0 Å². The lowest BCUT2D eigenvalue weighted by atomic mass is 10.1. The van der Waals surface area contributed by atoms with Crippen molar-refractivity contribution in [2.45, 2.75) is 33.2 Å². The van der Waals surface area contributed by atoms with Crippen LogP contribution in [-0.2, 0) is 0 Å². The Morgan fingerprint density at radius 1 is 1.27 bits per heavy atom. The maximum absolute atomic E-state index is 3.58. The summed E-state index contributed by atoms with van der Waals surface area (Å²) in [5, 5.41) is 3.56. The second-order valence-corrected chi connectivity index (χ2v) is 5.02. The first-order valence-electron chi connectivity index (χ1n) is 5.63. The van der Waals surface area contributed by atoms with E-state index in [4.69, 9.17) is 0 Å². The van der Waals surface area contributed by atoms with E-state index in [2.05, 4.69) is 66.3 Å². The van der Waals surface area contributed by atoms with Gasteiger partial charge in [0.15, 0.2) is 0 Å². The van der Waals surface area contributed by atoms with Gasteiger partial charge in [0, 0.05) is 10.5 Å². The zero-order valence-electron chi connectivity index (χ0n) is 9.76. The van der Waals surface area contributed by atoms with E-state index in [-0.39, 0.29) is 0 Å². The maximum atomic E-state index is 3.58. The number of halogens is 1. The molecule has 0 spiro atoms. The summed E-state index contributed by atoms with van der Waals surface area (Å²) in [6.07, 6.45) is 1.23. The average Bonchev–Trinajstić information content (AvgIpc) is 2.26. The Bertz CT molecular complexity index is 298. The van der Waals surface area contributed by atoms with Gasteiger partial charge in [-0.05, 0) is 31.0 Å². The van der Waals surface area contributed by atoms with Crippen LogP contribution in [0.1, 0.15) is 38.8 Å². The highest BCUT2D eigenvalue weighted by atomic mass is 79.9. The van der Waals surface area contributed by atoms with Crippen molar-refractivity contribution < 1.29 is 0 Å². The maximum Gasteiger partial charge on any atom is 0.0303 e. The van der Waals surface area contributed by atoms with Crippen molar-refractivity contribution in [2.24, 2.45) is 5.92 Å². The molecule has 2 atom stereocenters. The van der Waals surface area contributed by atoms with Gasteiger partial charge in [-0.15, -0.1) is 0 Å². The van der Waals surface area contributed by atoms with Crippen molar-refractivity contribution in [3.63, 3.8) is 0 Å². The molecular formula is C13H20BrN. The van der Waals surface area contributed by atoms with E-state index in [9.17, 15) is 0 Å². The van der Waals surface area contributed by atoms with Crippen LogP contribution in [0.2, 0.25) is 0 Å². The Hall–Kier alpha value is -0.340. The summed E-state index contributed by atoms with van der Waals surface area (Å²) in [6.45, 7) is 7.80. The molecule has 0 aliphatic rings. The Balaban J connectivity index is 2.54. The molecule has 1 nitrogen and oxygen atoms in total. The van der Waals surface area contributed by atoms with Crippen molar-refractivity contribution in [3.8, 4) is 0 Å². The summed E-state index contributed by atoms with van der Waals surface area (Å²) in [5.41, 5.74) is 1.33. The third-order valence-corrected chi connectivity index (χ3v) is 3.56. The molecule has 1 N–H and O–H groups in total. The Kier molecular flexibility index (Phi) is 5.34. The lowest BCUT2D eigenvalue weighted by molar-refractivity contribution is 0.460. The minimum absolute atomic E-state index is 0.412. The molecule has 2 heteroatoms. The van der Waals surface area contributed by atoms with Gasteiger partial charge in [0.05, 0.1) is 0 Å². The third-order valence-electron chi connectivity index (χ3n) is 2.84. The Morgan fingerprint density at radius 2 is 1.93 bits per heavy atom. The Labute approximate surface area is 101 Å². The first-order chi connectivity index (χ1) is 7.15. The largest absolute Gasteiger partial charge is 0.310 e. The summed E-state index contributed by atoms with van der Waals surface area (Å²) >= 11 is 3.58.